The maximum Gasteiger partial charge on any atom is 0.407 e. The number of hydrogen-bond donors (Lipinski definition) is 1. The van der Waals surface area contributed by atoms with Crippen LogP contribution in [0.3, 0.4) is 0 Å². The molecule has 0 saturated carbocycles. The van der Waals surface area contributed by atoms with Crippen LogP contribution in [0.1, 0.15) is 11.1 Å². The molecule has 0 aromatic heterocycles. The van der Waals surface area contributed by atoms with E-state index in [-0.39, 0.29) is 0 Å². The fourth-order valence-electron chi connectivity index (χ4n) is 1.61. The molecule has 0 fully saturated rings. The zero-order chi connectivity index (χ0) is 12.8. The fourth-order valence-corrected chi connectivity index (χ4v) is 1.61. The second-order valence-corrected chi connectivity index (χ2v) is 3.43. The van der Waals surface area contributed by atoms with Crippen molar-refractivity contribution in [2.45, 2.75) is 13.5 Å². The van der Waals surface area contributed by atoms with E-state index in [2.05, 4.69) is 10.1 Å². The number of benzene rings is 1. The first-order valence-corrected chi connectivity index (χ1v) is 5.16. The van der Waals surface area contributed by atoms with Gasteiger partial charge in [-0.15, -0.1) is 0 Å². The van der Waals surface area contributed by atoms with Crippen LogP contribution < -0.4 is 14.8 Å². The summed E-state index contributed by atoms with van der Waals surface area (Å²) in [5.74, 6) is 1.46. The largest absolute Gasteiger partial charge is 0.496 e. The van der Waals surface area contributed by atoms with Crippen molar-refractivity contribution in [3.05, 3.63) is 23.3 Å². The Morgan fingerprint density at radius 1 is 1.24 bits per heavy atom. The van der Waals surface area contributed by atoms with Crippen LogP contribution in [0.5, 0.6) is 11.5 Å². The predicted molar refractivity (Wildman–Crippen MR) is 63.5 cm³/mol. The van der Waals surface area contributed by atoms with Crippen molar-refractivity contribution in [1.29, 1.82) is 0 Å². The van der Waals surface area contributed by atoms with E-state index in [1.165, 1.54) is 7.11 Å². The zero-order valence-corrected chi connectivity index (χ0v) is 10.5. The summed E-state index contributed by atoms with van der Waals surface area (Å²) in [5.41, 5.74) is 1.77. The lowest BCUT2D eigenvalue weighted by molar-refractivity contribution is 0.170. The van der Waals surface area contributed by atoms with Gasteiger partial charge in [-0.2, -0.15) is 0 Å². The summed E-state index contributed by atoms with van der Waals surface area (Å²) in [6.45, 7) is 2.25. The van der Waals surface area contributed by atoms with Crippen LogP contribution >= 0.6 is 0 Å². The van der Waals surface area contributed by atoms with Crippen LogP contribution in [0.4, 0.5) is 4.79 Å². The van der Waals surface area contributed by atoms with Gasteiger partial charge in [-0.25, -0.2) is 4.79 Å². The minimum absolute atomic E-state index is 0.348. The van der Waals surface area contributed by atoms with Gasteiger partial charge in [0.05, 0.1) is 21.3 Å². The van der Waals surface area contributed by atoms with Crippen molar-refractivity contribution >= 4 is 6.09 Å². The Morgan fingerprint density at radius 3 is 2.47 bits per heavy atom. The van der Waals surface area contributed by atoms with Crippen LogP contribution in [-0.2, 0) is 11.3 Å². The molecule has 1 aromatic carbocycles. The third-order valence-corrected chi connectivity index (χ3v) is 2.47. The molecule has 0 aliphatic heterocycles. The summed E-state index contributed by atoms with van der Waals surface area (Å²) in [6.07, 6.45) is -0.472. The van der Waals surface area contributed by atoms with Crippen LogP contribution in [-0.4, -0.2) is 27.4 Å². The first-order valence-electron chi connectivity index (χ1n) is 5.16. The average Bonchev–Trinajstić information content (AvgIpc) is 2.35. The van der Waals surface area contributed by atoms with E-state index in [0.717, 1.165) is 16.9 Å². The molecule has 0 aliphatic carbocycles. The molecular formula is C12H17NO4. The quantitative estimate of drug-likeness (QED) is 0.871. The molecule has 1 aromatic rings. The Morgan fingerprint density at radius 2 is 1.94 bits per heavy atom. The molecule has 1 amide bonds. The molecule has 0 spiro atoms. The van der Waals surface area contributed by atoms with Gasteiger partial charge < -0.3 is 19.5 Å². The molecular weight excluding hydrogens is 222 g/mol. The number of amides is 1. The predicted octanol–water partition coefficient (Wildman–Crippen LogP) is 1.87. The van der Waals surface area contributed by atoms with Gasteiger partial charge in [-0.1, -0.05) is 0 Å². The van der Waals surface area contributed by atoms with Gasteiger partial charge in [0.15, 0.2) is 0 Å². The normalized spacial score (nSPS) is 9.65. The molecule has 0 atom stereocenters. The van der Waals surface area contributed by atoms with Crippen molar-refractivity contribution in [3.63, 3.8) is 0 Å². The molecule has 0 heterocycles. The number of carbonyl (C=O) groups is 1. The third kappa shape index (κ3) is 3.03. The number of nitrogens with one attached hydrogen (secondary N) is 1. The number of ether oxygens (including phenoxy) is 3. The molecule has 1 N–H and O–H groups in total. The molecule has 94 valence electrons. The van der Waals surface area contributed by atoms with E-state index in [4.69, 9.17) is 9.47 Å². The number of rotatable bonds is 4. The third-order valence-electron chi connectivity index (χ3n) is 2.47. The van der Waals surface area contributed by atoms with Crippen LogP contribution in [0.2, 0.25) is 0 Å². The zero-order valence-electron chi connectivity index (χ0n) is 10.5. The van der Waals surface area contributed by atoms with Gasteiger partial charge in [0, 0.05) is 17.7 Å². The molecule has 0 bridgehead atoms. The van der Waals surface area contributed by atoms with Crippen molar-refractivity contribution in [1.82, 2.24) is 5.32 Å². The lowest BCUT2D eigenvalue weighted by atomic mass is 10.1. The van der Waals surface area contributed by atoms with Crippen LogP contribution in [0.25, 0.3) is 0 Å². The molecule has 0 unspecified atom stereocenters. The summed E-state index contributed by atoms with van der Waals surface area (Å²) in [5, 5.41) is 2.61. The van der Waals surface area contributed by atoms with Gasteiger partial charge >= 0.3 is 6.09 Å². The SMILES string of the molecule is COC(=O)NCc1ccc(OC)c(C)c1OC. The van der Waals surface area contributed by atoms with Gasteiger partial charge in [-0.3, -0.25) is 0 Å². The van der Waals surface area contributed by atoms with E-state index >= 15 is 0 Å². The number of carbonyl (C=O) groups excluding carboxylic acids is 1. The van der Waals surface area contributed by atoms with E-state index in [1.807, 2.05) is 19.1 Å². The summed E-state index contributed by atoms with van der Waals surface area (Å²) in [4.78, 5) is 11.0. The van der Waals surface area contributed by atoms with Gasteiger partial charge in [-0.05, 0) is 19.1 Å². The van der Waals surface area contributed by atoms with E-state index < -0.39 is 6.09 Å². The van der Waals surface area contributed by atoms with Gasteiger partial charge in [0.25, 0.3) is 0 Å². The summed E-state index contributed by atoms with van der Waals surface area (Å²) in [6, 6.07) is 3.69. The molecule has 17 heavy (non-hydrogen) atoms. The fraction of sp³-hybridized carbons (Fsp3) is 0.417. The summed E-state index contributed by atoms with van der Waals surface area (Å²) in [7, 11) is 4.52. The van der Waals surface area contributed by atoms with Crippen LogP contribution in [0.15, 0.2) is 12.1 Å². The molecule has 0 radical (unpaired) electrons. The van der Waals surface area contributed by atoms with E-state index in [9.17, 15) is 4.79 Å². The van der Waals surface area contributed by atoms with E-state index in [0.29, 0.717) is 12.3 Å². The number of methoxy groups -OCH3 is 3. The summed E-state index contributed by atoms with van der Waals surface area (Å²) >= 11 is 0. The Labute approximate surface area is 101 Å². The minimum Gasteiger partial charge on any atom is -0.496 e. The Bertz CT molecular complexity index is 404. The Hall–Kier alpha value is -1.91. The van der Waals surface area contributed by atoms with Crippen molar-refractivity contribution < 1.29 is 19.0 Å². The molecule has 0 aliphatic rings. The summed E-state index contributed by atoms with van der Waals surface area (Å²) < 4.78 is 15.0. The maximum atomic E-state index is 11.0. The van der Waals surface area contributed by atoms with E-state index in [1.54, 1.807) is 14.2 Å². The highest BCUT2D eigenvalue weighted by atomic mass is 16.5. The first kappa shape index (κ1) is 13.2. The highest BCUT2D eigenvalue weighted by molar-refractivity contribution is 5.67. The second-order valence-electron chi connectivity index (χ2n) is 3.43. The average molecular weight is 239 g/mol. The number of hydrogen-bond acceptors (Lipinski definition) is 4. The highest BCUT2D eigenvalue weighted by Crippen LogP contribution is 2.31. The standard InChI is InChI=1S/C12H17NO4/c1-8-10(15-2)6-5-9(11(8)16-3)7-13-12(14)17-4/h5-6H,7H2,1-4H3,(H,13,14). The smallest absolute Gasteiger partial charge is 0.407 e. The first-order chi connectivity index (χ1) is 8.13. The highest BCUT2D eigenvalue weighted by Gasteiger charge is 2.11. The van der Waals surface area contributed by atoms with Crippen LogP contribution in [0, 0.1) is 6.92 Å². The molecule has 0 saturated heterocycles. The van der Waals surface area contributed by atoms with Crippen molar-refractivity contribution in [3.8, 4) is 11.5 Å². The molecule has 1 rings (SSSR count). The van der Waals surface area contributed by atoms with Crippen molar-refractivity contribution in [2.24, 2.45) is 0 Å². The second kappa shape index (κ2) is 5.98. The minimum atomic E-state index is -0.472. The monoisotopic (exact) mass is 239 g/mol. The van der Waals surface area contributed by atoms with Gasteiger partial charge in [0.2, 0.25) is 0 Å². The lowest BCUT2D eigenvalue weighted by Gasteiger charge is -2.14. The Kier molecular flexibility index (Phi) is 4.63. The molecule has 5 nitrogen and oxygen atoms in total. The lowest BCUT2D eigenvalue weighted by Crippen LogP contribution is -2.22. The topological polar surface area (TPSA) is 56.8 Å². The van der Waals surface area contributed by atoms with Crippen molar-refractivity contribution in [2.75, 3.05) is 21.3 Å². The maximum absolute atomic E-state index is 11.0. The van der Waals surface area contributed by atoms with Gasteiger partial charge in [0.1, 0.15) is 11.5 Å². The molecule has 5 heteroatoms. The number of alkyl carbamates (subject to hydrolysis) is 1. The Balaban J connectivity index is 2.92.